The van der Waals surface area contributed by atoms with Crippen LogP contribution in [0.4, 0.5) is 140 Å². The number of pyridine rings is 5. The third-order valence-electron chi connectivity index (χ3n) is 13.7. The van der Waals surface area contributed by atoms with E-state index in [1.54, 1.807) is 18.2 Å². The Morgan fingerprint density at radius 2 is 0.812 bits per heavy atom. The Bertz CT molecular complexity index is 3750. The molecule has 5 aliphatic carbocycles. The fourth-order valence-electron chi connectivity index (χ4n) is 9.41. The predicted molar refractivity (Wildman–Crippen MR) is 263 cm³/mol. The van der Waals surface area contributed by atoms with Crippen molar-refractivity contribution in [1.82, 2.24) is 24.9 Å². The molecule has 7 nitrogen and oxygen atoms in total. The summed E-state index contributed by atoms with van der Waals surface area (Å²) in [6.07, 6.45) is -20.1. The first-order chi connectivity index (χ1) is 43.6. The van der Waals surface area contributed by atoms with E-state index in [-0.39, 0.29) is 142 Å². The molecule has 0 aromatic carbocycles. The van der Waals surface area contributed by atoms with Crippen LogP contribution in [0.15, 0.2) is 116 Å². The molecule has 44 heteroatoms. The minimum atomic E-state index is -7.77. The minimum Gasteiger partial charge on any atom is -0.498 e. The van der Waals surface area contributed by atoms with Crippen molar-refractivity contribution >= 4 is 33.6 Å². The predicted octanol–water partition coefficient (Wildman–Crippen LogP) is 18.1. The van der Waals surface area contributed by atoms with Crippen LogP contribution < -0.4 is 4.74 Å². The van der Waals surface area contributed by atoms with E-state index < -0.39 is 141 Å². The number of ketones is 1. The Balaban J connectivity index is 0.000000639. The fourth-order valence-corrected chi connectivity index (χ4v) is 9.41. The third kappa shape index (κ3) is 17.4. The fraction of sp³-hybridized carbons (Fsp3) is 0.368. The Labute approximate surface area is 613 Å². The van der Waals surface area contributed by atoms with Gasteiger partial charge in [-0.3, -0.25) is 6.08 Å². The number of halogens is 32. The molecule has 0 atom stereocenters. The van der Waals surface area contributed by atoms with Crippen LogP contribution in [0.25, 0.3) is 27.9 Å². The van der Waals surface area contributed by atoms with Gasteiger partial charge in [0.05, 0.1) is 13.5 Å². The van der Waals surface area contributed by atoms with Crippen molar-refractivity contribution in [1.29, 1.82) is 0 Å². The Kier molecular flexibility index (Phi) is 30.1. The van der Waals surface area contributed by atoms with Gasteiger partial charge in [-0.15, -0.1) is 53.0 Å². The molecule has 0 unspecified atom stereocenters. The van der Waals surface area contributed by atoms with E-state index in [0.29, 0.717) is 42.9 Å². The largest absolute Gasteiger partial charge is 0.498 e. The molecule has 0 saturated heterocycles. The van der Waals surface area contributed by atoms with Gasteiger partial charge < -0.3 is 34.5 Å². The number of nitrogens with zero attached hydrogens (tertiary/aromatic N) is 5. The molecule has 101 heavy (non-hydrogen) atoms. The zero-order chi connectivity index (χ0) is 73.0. The summed E-state index contributed by atoms with van der Waals surface area (Å²) in [6, 6.07) is 16.6. The molecule has 5 aliphatic rings. The maximum absolute atomic E-state index is 14.1. The van der Waals surface area contributed by atoms with Gasteiger partial charge in [0.25, 0.3) is 11.8 Å². The van der Waals surface area contributed by atoms with Crippen molar-refractivity contribution in [2.75, 3.05) is 7.11 Å². The standard InChI is InChI=1S/C14H4F14N.C12H6F8NO.C11H10F2N.C10H4F4NO.C10H6F4N.5Ir/c15-8(16)5-6(7-3-1-2-4-29-7)9(11(17,18)19,12(20,21)22)10(8,13(23,24)25)14(26,27)28;1-22-6-2-3-21-8(4-6)7-5-9(13,14)11(17,18)12(19,20)10(7,15)16;12-11(13)7-3-1-5-9(11)10-6-2-4-8-14-10;11-9(12)5-6(8(16)10(9,13)14)7-3-1-2-4-15-7;11-9(12)5-7(10(13,14)6-9)8-3-1-2-4-15-8;;;;;/h1-4H;2-4H,1H3;2,4,6,8H,1,3,7H2;1-4H;1-4H,6H2;;;;;/q5*-1;;;;;. The quantitative estimate of drug-likeness (QED) is 0.124. The number of hydrogen-bond donors (Lipinski definition) is 0. The molecule has 0 aliphatic heterocycles. The van der Waals surface area contributed by atoms with Crippen molar-refractivity contribution in [2.45, 2.75) is 110 Å². The minimum absolute atomic E-state index is 0. The van der Waals surface area contributed by atoms with E-state index in [1.165, 1.54) is 67.1 Å². The first-order valence-corrected chi connectivity index (χ1v) is 25.5. The summed E-state index contributed by atoms with van der Waals surface area (Å²) in [6.45, 7) is 0. The van der Waals surface area contributed by atoms with Gasteiger partial charge in [0, 0.05) is 138 Å². The summed E-state index contributed by atoms with van der Waals surface area (Å²) in [5, 5.41) is 0. The second-order valence-corrected chi connectivity index (χ2v) is 20.0. The van der Waals surface area contributed by atoms with Gasteiger partial charge in [-0.05, 0) is 36.0 Å². The van der Waals surface area contributed by atoms with E-state index in [4.69, 9.17) is 0 Å². The third-order valence-corrected chi connectivity index (χ3v) is 13.7. The number of Topliss-reactive ketones (excluding diaryl/α,β-unsaturated/α-hetero) is 1. The van der Waals surface area contributed by atoms with Crippen LogP contribution in [0.2, 0.25) is 0 Å². The first kappa shape index (κ1) is 93.9. The molecule has 0 saturated carbocycles. The van der Waals surface area contributed by atoms with Crippen LogP contribution in [0.5, 0.6) is 5.75 Å². The molecule has 5 aromatic rings. The Morgan fingerprint density at radius 3 is 1.17 bits per heavy atom. The molecule has 5 radical (unpaired) electrons. The van der Waals surface area contributed by atoms with E-state index in [9.17, 15) is 145 Å². The SMILES string of the molecule is COc1ccnc(C2=[C-]C(F)(F)C(F)(F)C(F)(F)C2(F)F)c1.FC(F)(F)C1(C(F)(F)F)C(c2ccccn2)=[C-]C(F)(F)C1(C(F)(F)F)C(F)(F)F.FC1(F)CCC[C-]=C1c1ccccn1.FC1(F)[C-]=C(c2ccccn2)C(F)(F)C1.O=C1C(c2ccccn2)=[C-]C(F)(F)C1(F)F.[Ir].[Ir].[Ir].[Ir].[Ir]. The van der Waals surface area contributed by atoms with Crippen LogP contribution in [0.3, 0.4) is 0 Å². The second-order valence-electron chi connectivity index (χ2n) is 20.0. The summed E-state index contributed by atoms with van der Waals surface area (Å²) in [4.78, 5) is 28.2. The average molecular weight is 2390 g/mol. The molecule has 10 rings (SSSR count). The van der Waals surface area contributed by atoms with E-state index in [2.05, 4.69) is 35.7 Å². The first-order valence-electron chi connectivity index (χ1n) is 25.5. The van der Waals surface area contributed by atoms with Gasteiger partial charge in [0.1, 0.15) is 11.5 Å². The van der Waals surface area contributed by atoms with Crippen molar-refractivity contribution < 1.29 is 251 Å². The number of carbonyl (C=O) groups is 1. The number of rotatable bonds is 6. The number of allylic oxidation sites excluding steroid dienone is 10. The monoisotopic (exact) mass is 2390 g/mol. The van der Waals surface area contributed by atoms with E-state index in [1.807, 2.05) is 0 Å². The van der Waals surface area contributed by atoms with Gasteiger partial charge in [-0.2, -0.15) is 103 Å². The van der Waals surface area contributed by atoms with Gasteiger partial charge in [0.15, 0.2) is 5.41 Å². The number of carbonyl (C=O) groups excluding carboxylic acids is 1. The zero-order valence-corrected chi connectivity index (χ0v) is 60.1. The maximum atomic E-state index is 14.1. The van der Waals surface area contributed by atoms with Crippen LogP contribution >= 0.6 is 0 Å². The summed E-state index contributed by atoms with van der Waals surface area (Å²) >= 11 is 0. The van der Waals surface area contributed by atoms with E-state index >= 15 is 0 Å². The van der Waals surface area contributed by atoms with Gasteiger partial charge in [-0.1, -0.05) is 65.6 Å². The van der Waals surface area contributed by atoms with E-state index in [0.717, 1.165) is 25.4 Å². The molecular formula is C57H30F32Ir5N5O2-5. The van der Waals surface area contributed by atoms with Gasteiger partial charge in [-0.25, -0.2) is 61.5 Å². The number of alkyl halides is 32. The van der Waals surface area contributed by atoms with Gasteiger partial charge in [0.2, 0.25) is 29.1 Å². The van der Waals surface area contributed by atoms with Crippen LogP contribution in [-0.4, -0.2) is 122 Å². The summed E-state index contributed by atoms with van der Waals surface area (Å²) in [7, 11) is 1.09. The zero-order valence-electron chi connectivity index (χ0n) is 48.1. The molecule has 0 N–H and O–H groups in total. The molecule has 5 aromatic heterocycles. The van der Waals surface area contributed by atoms with Crippen molar-refractivity contribution in [2.24, 2.45) is 10.8 Å². The molecule has 0 amide bonds. The van der Waals surface area contributed by atoms with Crippen LogP contribution in [-0.2, 0) is 105 Å². The van der Waals surface area contributed by atoms with Crippen molar-refractivity contribution in [3.8, 4) is 5.75 Å². The van der Waals surface area contributed by atoms with Gasteiger partial charge >= 0.3 is 48.4 Å². The number of aromatic nitrogens is 5. The molecule has 0 fully saturated rings. The Morgan fingerprint density at radius 1 is 0.406 bits per heavy atom. The number of methoxy groups -OCH3 is 1. The molecular weight excluding hydrogens is 2360 g/mol. The summed E-state index contributed by atoms with van der Waals surface area (Å²) in [5.41, 5.74) is -24.7. The average Bonchev–Trinajstić information content (AvgIpc) is 1.52. The molecule has 5 heterocycles. The number of hydrogen-bond acceptors (Lipinski definition) is 7. The van der Waals surface area contributed by atoms with Crippen molar-refractivity contribution in [3.63, 3.8) is 0 Å². The van der Waals surface area contributed by atoms with Crippen molar-refractivity contribution in [3.05, 3.63) is 175 Å². The maximum Gasteiger partial charge on any atom is 0.409 e. The molecule has 0 bridgehead atoms. The van der Waals surface area contributed by atoms with Crippen LogP contribution in [0.1, 0.15) is 54.2 Å². The topological polar surface area (TPSA) is 90.8 Å². The van der Waals surface area contributed by atoms with Crippen LogP contribution in [0, 0.1) is 41.2 Å². The summed E-state index contributed by atoms with van der Waals surface area (Å²) in [5.74, 6) is -52.0. The smallest absolute Gasteiger partial charge is 0.409 e. The Hall–Kier alpha value is -5.07. The normalized spacial score (nSPS) is 21.2. The molecule has 0 spiro atoms. The molecule has 569 valence electrons. The number of ether oxygens (including phenoxy) is 1. The second kappa shape index (κ2) is 32.3. The summed E-state index contributed by atoms with van der Waals surface area (Å²) < 4.78 is 431.